The van der Waals surface area contributed by atoms with Crippen molar-refractivity contribution in [3.8, 4) is 5.75 Å². The minimum atomic E-state index is -0.869. The van der Waals surface area contributed by atoms with Gasteiger partial charge in [-0.15, -0.1) is 0 Å². The SMILES string of the molecule is CCC(CC)(CNC(=O)CCc1cccc(OC)c1)C(=O)O. The number of carbonyl (C=O) groups is 2. The Morgan fingerprint density at radius 1 is 1.27 bits per heavy atom. The molecule has 122 valence electrons. The topological polar surface area (TPSA) is 75.6 Å². The smallest absolute Gasteiger partial charge is 0.311 e. The van der Waals surface area contributed by atoms with Gasteiger partial charge >= 0.3 is 5.97 Å². The number of amides is 1. The first kappa shape index (κ1) is 18.0. The number of rotatable bonds is 9. The Morgan fingerprint density at radius 2 is 1.95 bits per heavy atom. The number of carboxylic acids is 1. The summed E-state index contributed by atoms with van der Waals surface area (Å²) < 4.78 is 5.14. The van der Waals surface area contributed by atoms with E-state index < -0.39 is 11.4 Å². The van der Waals surface area contributed by atoms with Crippen molar-refractivity contribution in [1.82, 2.24) is 5.32 Å². The van der Waals surface area contributed by atoms with Crippen molar-refractivity contribution in [3.05, 3.63) is 29.8 Å². The Morgan fingerprint density at radius 3 is 2.50 bits per heavy atom. The lowest BCUT2D eigenvalue weighted by Gasteiger charge is -2.26. The highest BCUT2D eigenvalue weighted by Gasteiger charge is 2.34. The van der Waals surface area contributed by atoms with Gasteiger partial charge in [0.05, 0.1) is 12.5 Å². The molecular formula is C17H25NO4. The van der Waals surface area contributed by atoms with Gasteiger partial charge in [-0.05, 0) is 37.0 Å². The molecule has 0 aromatic heterocycles. The summed E-state index contributed by atoms with van der Waals surface area (Å²) in [6, 6.07) is 7.57. The number of carbonyl (C=O) groups excluding carboxylic acids is 1. The van der Waals surface area contributed by atoms with E-state index in [0.29, 0.717) is 25.7 Å². The zero-order chi connectivity index (χ0) is 16.6. The van der Waals surface area contributed by atoms with Crippen LogP contribution in [0, 0.1) is 5.41 Å². The first-order valence-corrected chi connectivity index (χ1v) is 7.60. The molecule has 5 nitrogen and oxygen atoms in total. The highest BCUT2D eigenvalue weighted by molar-refractivity contribution is 5.79. The van der Waals surface area contributed by atoms with Crippen LogP contribution >= 0.6 is 0 Å². The summed E-state index contributed by atoms with van der Waals surface area (Å²) in [5, 5.41) is 12.1. The molecule has 0 bridgehead atoms. The number of carboxylic acid groups (broad SMARTS) is 1. The average Bonchev–Trinajstić information content (AvgIpc) is 2.54. The minimum Gasteiger partial charge on any atom is -0.497 e. The second-order valence-corrected chi connectivity index (χ2v) is 5.42. The van der Waals surface area contributed by atoms with E-state index in [4.69, 9.17) is 4.74 Å². The summed E-state index contributed by atoms with van der Waals surface area (Å²) in [5.41, 5.74) is 0.149. The predicted octanol–water partition coefficient (Wildman–Crippen LogP) is 2.64. The molecule has 0 radical (unpaired) electrons. The zero-order valence-electron chi connectivity index (χ0n) is 13.5. The molecular weight excluding hydrogens is 282 g/mol. The van der Waals surface area contributed by atoms with E-state index >= 15 is 0 Å². The molecule has 1 rings (SSSR count). The van der Waals surface area contributed by atoms with Crippen LogP contribution in [-0.2, 0) is 16.0 Å². The quantitative estimate of drug-likeness (QED) is 0.735. The van der Waals surface area contributed by atoms with Gasteiger partial charge in [-0.25, -0.2) is 0 Å². The van der Waals surface area contributed by atoms with Crippen molar-refractivity contribution in [1.29, 1.82) is 0 Å². The molecule has 22 heavy (non-hydrogen) atoms. The van der Waals surface area contributed by atoms with Gasteiger partial charge in [-0.2, -0.15) is 0 Å². The second kappa shape index (κ2) is 8.41. The Labute approximate surface area is 131 Å². The second-order valence-electron chi connectivity index (χ2n) is 5.42. The maximum absolute atomic E-state index is 11.9. The molecule has 0 fully saturated rings. The van der Waals surface area contributed by atoms with Gasteiger partial charge in [0, 0.05) is 13.0 Å². The maximum Gasteiger partial charge on any atom is 0.311 e. The number of aryl methyl sites for hydroxylation is 1. The molecule has 0 atom stereocenters. The van der Waals surface area contributed by atoms with Crippen molar-refractivity contribution in [2.45, 2.75) is 39.5 Å². The van der Waals surface area contributed by atoms with E-state index in [1.165, 1.54) is 0 Å². The van der Waals surface area contributed by atoms with Gasteiger partial charge in [0.15, 0.2) is 0 Å². The number of benzene rings is 1. The molecule has 1 aromatic rings. The summed E-state index contributed by atoms with van der Waals surface area (Å²) in [7, 11) is 1.60. The Hall–Kier alpha value is -2.04. The monoisotopic (exact) mass is 307 g/mol. The van der Waals surface area contributed by atoms with Gasteiger partial charge in [-0.3, -0.25) is 9.59 Å². The highest BCUT2D eigenvalue weighted by Crippen LogP contribution is 2.25. The fraction of sp³-hybridized carbons (Fsp3) is 0.529. The summed E-state index contributed by atoms with van der Waals surface area (Å²) in [6.45, 7) is 3.84. The highest BCUT2D eigenvalue weighted by atomic mass is 16.5. The van der Waals surface area contributed by atoms with Gasteiger partial charge in [0.25, 0.3) is 0 Å². The fourth-order valence-electron chi connectivity index (χ4n) is 2.32. The number of hydrogen-bond donors (Lipinski definition) is 2. The first-order chi connectivity index (χ1) is 10.5. The van der Waals surface area contributed by atoms with Crippen molar-refractivity contribution < 1.29 is 19.4 Å². The number of methoxy groups -OCH3 is 1. The standard InChI is InChI=1S/C17H25NO4/c1-4-17(5-2,16(20)21)12-18-15(19)10-9-13-7-6-8-14(11-13)22-3/h6-8,11H,4-5,9-10,12H2,1-3H3,(H,18,19)(H,20,21). The summed E-state index contributed by atoms with van der Waals surface area (Å²) >= 11 is 0. The van der Waals surface area contributed by atoms with E-state index in [0.717, 1.165) is 11.3 Å². The molecule has 0 spiro atoms. The molecule has 0 aliphatic carbocycles. The molecule has 1 amide bonds. The van der Waals surface area contributed by atoms with Crippen LogP contribution in [0.3, 0.4) is 0 Å². The van der Waals surface area contributed by atoms with Crippen LogP contribution in [0.4, 0.5) is 0 Å². The Kier molecular flexibility index (Phi) is 6.89. The number of aliphatic carboxylic acids is 1. The fourth-order valence-corrected chi connectivity index (χ4v) is 2.32. The predicted molar refractivity (Wildman–Crippen MR) is 85.0 cm³/mol. The van der Waals surface area contributed by atoms with Crippen LogP contribution in [0.5, 0.6) is 5.75 Å². The molecule has 0 saturated heterocycles. The molecule has 0 unspecified atom stereocenters. The Bertz CT molecular complexity index is 509. The minimum absolute atomic E-state index is 0.129. The molecule has 0 saturated carbocycles. The largest absolute Gasteiger partial charge is 0.497 e. The first-order valence-electron chi connectivity index (χ1n) is 7.60. The third-order valence-electron chi connectivity index (χ3n) is 4.21. The van der Waals surface area contributed by atoms with Gasteiger partial charge < -0.3 is 15.2 Å². The zero-order valence-corrected chi connectivity index (χ0v) is 13.5. The van der Waals surface area contributed by atoms with Crippen molar-refractivity contribution in [2.75, 3.05) is 13.7 Å². The lowest BCUT2D eigenvalue weighted by atomic mass is 9.82. The van der Waals surface area contributed by atoms with E-state index in [1.54, 1.807) is 7.11 Å². The molecule has 0 heterocycles. The van der Waals surface area contributed by atoms with E-state index in [1.807, 2.05) is 38.1 Å². The van der Waals surface area contributed by atoms with Gasteiger partial charge in [0.1, 0.15) is 5.75 Å². The van der Waals surface area contributed by atoms with Crippen molar-refractivity contribution in [3.63, 3.8) is 0 Å². The van der Waals surface area contributed by atoms with Crippen LogP contribution in [0.1, 0.15) is 38.7 Å². The van der Waals surface area contributed by atoms with Crippen LogP contribution in [0.25, 0.3) is 0 Å². The summed E-state index contributed by atoms with van der Waals surface area (Å²) in [4.78, 5) is 23.3. The molecule has 0 aliphatic rings. The van der Waals surface area contributed by atoms with Crippen LogP contribution in [0.15, 0.2) is 24.3 Å². The van der Waals surface area contributed by atoms with E-state index in [-0.39, 0.29) is 12.5 Å². The van der Waals surface area contributed by atoms with Gasteiger partial charge in [-0.1, -0.05) is 26.0 Å². The molecule has 1 aromatic carbocycles. The third kappa shape index (κ3) is 4.76. The maximum atomic E-state index is 11.9. The van der Waals surface area contributed by atoms with Crippen molar-refractivity contribution >= 4 is 11.9 Å². The lowest BCUT2D eigenvalue weighted by molar-refractivity contribution is -0.149. The summed E-state index contributed by atoms with van der Waals surface area (Å²) in [5.74, 6) is -0.222. The Balaban J connectivity index is 2.51. The third-order valence-corrected chi connectivity index (χ3v) is 4.21. The van der Waals surface area contributed by atoms with Crippen molar-refractivity contribution in [2.24, 2.45) is 5.41 Å². The molecule has 5 heteroatoms. The van der Waals surface area contributed by atoms with Gasteiger partial charge in [0.2, 0.25) is 5.91 Å². The number of hydrogen-bond acceptors (Lipinski definition) is 3. The lowest BCUT2D eigenvalue weighted by Crippen LogP contribution is -2.42. The normalized spacial score (nSPS) is 11.0. The van der Waals surface area contributed by atoms with E-state index in [2.05, 4.69) is 5.32 Å². The van der Waals surface area contributed by atoms with Crippen LogP contribution in [-0.4, -0.2) is 30.6 Å². The van der Waals surface area contributed by atoms with Crippen LogP contribution in [0.2, 0.25) is 0 Å². The molecule has 0 aliphatic heterocycles. The molecule has 2 N–H and O–H groups in total. The van der Waals surface area contributed by atoms with Crippen LogP contribution < -0.4 is 10.1 Å². The summed E-state index contributed by atoms with van der Waals surface area (Å²) in [6.07, 6.45) is 1.92. The number of nitrogens with one attached hydrogen (secondary N) is 1. The number of ether oxygens (including phenoxy) is 1. The van der Waals surface area contributed by atoms with E-state index in [9.17, 15) is 14.7 Å². The average molecular weight is 307 g/mol.